The minimum absolute atomic E-state index is 0.0198. The number of methoxy groups -OCH3 is 1. The Hall–Kier alpha value is -8.04. The Kier molecular flexibility index (Phi) is 12.9. The van der Waals surface area contributed by atoms with Gasteiger partial charge in [-0.15, -0.1) is 0 Å². The zero-order valence-corrected chi connectivity index (χ0v) is 36.8. The number of fused-ring (bicyclic) bond motifs is 4. The van der Waals surface area contributed by atoms with E-state index in [-0.39, 0.29) is 56.5 Å². The number of para-hydroxylation sites is 3. The smallest absolute Gasteiger partial charge is 0.421 e. The highest BCUT2D eigenvalue weighted by Gasteiger charge is 2.76. The van der Waals surface area contributed by atoms with Crippen molar-refractivity contribution in [1.82, 2.24) is 25.5 Å². The molecule has 9 rings (SSSR count). The third-order valence-electron chi connectivity index (χ3n) is 12.5. The van der Waals surface area contributed by atoms with Crippen molar-refractivity contribution in [2.75, 3.05) is 45.0 Å². The number of benzene rings is 5. The quantitative estimate of drug-likeness (QED) is 0.0603. The first-order valence-electron chi connectivity index (χ1n) is 22.0. The molecular formula is C51H47N7O10. The number of nitrogens with one attached hydrogen (secondary N) is 3. The summed E-state index contributed by atoms with van der Waals surface area (Å²) in [4.78, 5) is 84.3. The average Bonchev–Trinajstić information content (AvgIpc) is 4.00. The highest BCUT2D eigenvalue weighted by Crippen LogP contribution is 2.66. The number of imidazole rings is 1. The van der Waals surface area contributed by atoms with Crippen LogP contribution in [0.1, 0.15) is 51.8 Å². The van der Waals surface area contributed by atoms with Gasteiger partial charge in [0, 0.05) is 18.2 Å². The van der Waals surface area contributed by atoms with Crippen LogP contribution in [0.3, 0.4) is 0 Å². The van der Waals surface area contributed by atoms with Crippen LogP contribution in [0.5, 0.6) is 5.75 Å². The molecule has 17 nitrogen and oxygen atoms in total. The Bertz CT molecular complexity index is 2900. The number of hydrogen-bond acceptors (Lipinski definition) is 12. The van der Waals surface area contributed by atoms with Crippen molar-refractivity contribution < 1.29 is 48.0 Å². The van der Waals surface area contributed by atoms with Gasteiger partial charge >= 0.3 is 18.1 Å². The number of esters is 1. The maximum atomic E-state index is 16.4. The summed E-state index contributed by atoms with van der Waals surface area (Å²) in [5.74, 6) is 2.51. The van der Waals surface area contributed by atoms with Gasteiger partial charge in [0.2, 0.25) is 11.8 Å². The summed E-state index contributed by atoms with van der Waals surface area (Å²) < 4.78 is 23.6. The number of carbonyl (C=O) groups excluding carboxylic acids is 5. The van der Waals surface area contributed by atoms with Gasteiger partial charge in [-0.2, -0.15) is 0 Å². The first kappa shape index (κ1) is 45.1. The Morgan fingerprint density at radius 3 is 2.32 bits per heavy atom. The second kappa shape index (κ2) is 19.4. The van der Waals surface area contributed by atoms with E-state index >= 15 is 14.4 Å². The Labute approximate surface area is 390 Å². The van der Waals surface area contributed by atoms with E-state index in [1.54, 1.807) is 36.4 Å². The number of H-pyrrole nitrogens is 1. The van der Waals surface area contributed by atoms with E-state index in [4.69, 9.17) is 24.7 Å². The number of hydrogen-bond donors (Lipinski definition) is 5. The molecule has 68 heavy (non-hydrogen) atoms. The number of imide groups is 1. The van der Waals surface area contributed by atoms with E-state index in [0.29, 0.717) is 33.6 Å². The molecule has 5 amide bonds. The lowest BCUT2D eigenvalue weighted by Gasteiger charge is -2.46. The number of aromatic amines is 1. The maximum Gasteiger partial charge on any atom is 0.421 e. The summed E-state index contributed by atoms with van der Waals surface area (Å²) in [5.41, 5.74) is 6.85. The van der Waals surface area contributed by atoms with Crippen molar-refractivity contribution in [2.45, 2.75) is 36.2 Å². The molecule has 4 heterocycles. The number of carbonyl (C=O) groups is 5. The minimum atomic E-state index is -2.17. The number of nitrogens with two attached hydrogens (primary N) is 1. The van der Waals surface area contributed by atoms with Gasteiger partial charge in [-0.05, 0) is 53.1 Å². The summed E-state index contributed by atoms with van der Waals surface area (Å²) in [6.07, 6.45) is -2.03. The van der Waals surface area contributed by atoms with Crippen LogP contribution < -0.4 is 26.0 Å². The molecule has 0 radical (unpaired) electrons. The highest BCUT2D eigenvalue weighted by atomic mass is 16.6. The molecule has 2 fully saturated rings. The number of aliphatic hydroxyl groups is 1. The predicted molar refractivity (Wildman–Crippen MR) is 247 cm³/mol. The number of rotatable bonds is 13. The molecular weight excluding hydrogens is 871 g/mol. The largest absolute Gasteiger partial charge is 0.491 e. The van der Waals surface area contributed by atoms with Gasteiger partial charge in [-0.25, -0.2) is 19.5 Å². The predicted octanol–water partition coefficient (Wildman–Crippen LogP) is 4.72. The van der Waals surface area contributed by atoms with Crippen molar-refractivity contribution in [1.29, 1.82) is 0 Å². The lowest BCUT2D eigenvalue weighted by Crippen LogP contribution is -2.55. The number of aliphatic hydroxyl groups excluding tert-OH is 1. The van der Waals surface area contributed by atoms with E-state index in [9.17, 15) is 14.7 Å². The molecule has 0 saturated carbocycles. The van der Waals surface area contributed by atoms with Crippen LogP contribution >= 0.6 is 0 Å². The molecule has 5 aromatic carbocycles. The van der Waals surface area contributed by atoms with Gasteiger partial charge in [0.1, 0.15) is 42.3 Å². The summed E-state index contributed by atoms with van der Waals surface area (Å²) >= 11 is 0. The van der Waals surface area contributed by atoms with Crippen molar-refractivity contribution in [3.05, 3.63) is 161 Å². The number of ether oxygens (including phenoxy) is 4. The molecule has 6 N–H and O–H groups in total. The number of amides is 5. The lowest BCUT2D eigenvalue weighted by molar-refractivity contribution is -0.178. The molecule has 1 aromatic heterocycles. The SMILES string of the molecule is COCCOC(=O)N1C(=O)[C@@]2(c3cc(C#CCNC(N)=O)ccc31)[C@H](c1ccccc1OCCO)N1[C@H](c3ccccc3)[C@H](c3ccccc3)OC(=O)[C@H]1[C@@H]2C(=O)NCc1nc2ccccc2[nH]1. The zero-order valence-electron chi connectivity index (χ0n) is 36.8. The highest BCUT2D eigenvalue weighted by molar-refractivity contribution is 6.23. The maximum absolute atomic E-state index is 16.4. The van der Waals surface area contributed by atoms with Crippen LogP contribution in [-0.4, -0.2) is 96.0 Å². The Morgan fingerprint density at radius 1 is 0.868 bits per heavy atom. The monoisotopic (exact) mass is 917 g/mol. The van der Waals surface area contributed by atoms with E-state index in [0.717, 1.165) is 10.4 Å². The zero-order chi connectivity index (χ0) is 47.4. The Morgan fingerprint density at radius 2 is 1.59 bits per heavy atom. The molecule has 1 spiro atoms. The lowest BCUT2D eigenvalue weighted by atomic mass is 9.65. The summed E-state index contributed by atoms with van der Waals surface area (Å²) in [7, 11) is 1.44. The van der Waals surface area contributed by atoms with Gasteiger partial charge < -0.3 is 45.4 Å². The molecule has 2 saturated heterocycles. The standard InChI is InChI=1S/C51H47N7O10/c1-65-27-28-67-50(64)57-38-23-22-31(13-12-24-53-49(52)63)29-35(38)51(48(57)62)41(46(60)54-30-40-55-36-19-9-10-20-37(36)56-40)43-47(61)68-44(33-16-6-3-7-17-33)42(32-14-4-2-5-15-32)58(43)45(51)34-18-8-11-21-39(34)66-26-25-59/h2-11,14-23,29,41-45,59H,24-28,30H2,1H3,(H,54,60)(H,55,56)(H3,52,53,63)/t41-,42-,43-,44+,45+,51-/m1/s1. The van der Waals surface area contributed by atoms with Crippen LogP contribution in [0, 0.1) is 17.8 Å². The fraction of sp³-hybridized carbons (Fsp3) is 0.255. The van der Waals surface area contributed by atoms with Gasteiger partial charge in [0.25, 0.3) is 0 Å². The van der Waals surface area contributed by atoms with Crippen LogP contribution in [0.15, 0.2) is 127 Å². The normalized spacial score (nSPS) is 21.6. The van der Waals surface area contributed by atoms with Gasteiger partial charge in [-0.1, -0.05) is 103 Å². The fourth-order valence-corrected chi connectivity index (χ4v) is 9.85. The third kappa shape index (κ3) is 8.14. The van der Waals surface area contributed by atoms with Crippen molar-refractivity contribution in [2.24, 2.45) is 11.7 Å². The molecule has 0 bridgehead atoms. The van der Waals surface area contributed by atoms with Crippen molar-refractivity contribution in [3.8, 4) is 17.6 Å². The van der Waals surface area contributed by atoms with E-state index in [2.05, 4.69) is 32.4 Å². The number of nitrogens with zero attached hydrogens (tertiary/aromatic N) is 3. The van der Waals surface area contributed by atoms with Gasteiger partial charge in [-0.3, -0.25) is 19.3 Å². The Balaban J connectivity index is 1.34. The minimum Gasteiger partial charge on any atom is -0.491 e. The fourth-order valence-electron chi connectivity index (χ4n) is 9.85. The van der Waals surface area contributed by atoms with Crippen molar-refractivity contribution >= 4 is 46.6 Å². The van der Waals surface area contributed by atoms with E-state index in [1.807, 2.05) is 89.8 Å². The topological polar surface area (TPSA) is 228 Å². The molecule has 0 unspecified atom stereocenters. The van der Waals surface area contributed by atoms with E-state index in [1.165, 1.54) is 13.2 Å². The number of morpholine rings is 1. The van der Waals surface area contributed by atoms with Crippen LogP contribution in [0.2, 0.25) is 0 Å². The van der Waals surface area contributed by atoms with Gasteiger partial charge in [0.05, 0.1) is 61.0 Å². The number of urea groups is 1. The summed E-state index contributed by atoms with van der Waals surface area (Å²) in [6, 6.07) is 33.1. The number of cyclic esters (lactones) is 1. The number of primary amides is 1. The van der Waals surface area contributed by atoms with Gasteiger partial charge in [0.15, 0.2) is 0 Å². The first-order chi connectivity index (χ1) is 33.2. The van der Waals surface area contributed by atoms with Crippen LogP contribution in [0.4, 0.5) is 15.3 Å². The molecule has 3 aliphatic rings. The molecule has 17 heteroatoms. The summed E-state index contributed by atoms with van der Waals surface area (Å²) in [5, 5.41) is 15.5. The first-order valence-corrected chi connectivity index (χ1v) is 22.0. The second-order valence-corrected chi connectivity index (χ2v) is 16.3. The molecule has 6 aromatic rings. The van der Waals surface area contributed by atoms with Crippen LogP contribution in [-0.2, 0) is 40.6 Å². The summed E-state index contributed by atoms with van der Waals surface area (Å²) in [6.45, 7) is -0.934. The molecule has 3 aliphatic heterocycles. The second-order valence-electron chi connectivity index (χ2n) is 16.3. The number of anilines is 1. The van der Waals surface area contributed by atoms with Crippen LogP contribution in [0.25, 0.3) is 11.0 Å². The molecule has 0 aliphatic carbocycles. The third-order valence-corrected chi connectivity index (χ3v) is 12.5. The average molecular weight is 918 g/mol. The number of aromatic nitrogens is 2. The molecule has 346 valence electrons. The molecule has 6 atom stereocenters. The van der Waals surface area contributed by atoms with Crippen molar-refractivity contribution in [3.63, 3.8) is 0 Å². The van der Waals surface area contributed by atoms with E-state index < -0.39 is 65.5 Å².